The van der Waals surface area contributed by atoms with E-state index >= 15 is 0 Å². The van der Waals surface area contributed by atoms with E-state index in [1.54, 1.807) is 0 Å². The smallest absolute Gasteiger partial charge is 0.131 e. The largest absolute Gasteiger partial charge is 0.350 e. The van der Waals surface area contributed by atoms with E-state index in [9.17, 15) is 5.26 Å². The topological polar surface area (TPSA) is 70.1 Å². The van der Waals surface area contributed by atoms with Crippen LogP contribution in [0.2, 0.25) is 0 Å². The second-order valence-corrected chi connectivity index (χ2v) is 19.5. The number of rotatable bonds is 5. The van der Waals surface area contributed by atoms with E-state index in [1.807, 2.05) is 0 Å². The van der Waals surface area contributed by atoms with Crippen LogP contribution >= 0.6 is 0 Å². The van der Waals surface area contributed by atoms with E-state index in [2.05, 4.69) is 201 Å². The molecular formula is C59H54N6. The molecule has 0 saturated carbocycles. The van der Waals surface area contributed by atoms with Crippen LogP contribution in [-0.2, 0) is 11.8 Å². The lowest BCUT2D eigenvalue weighted by Crippen LogP contribution is -2.45. The lowest BCUT2D eigenvalue weighted by Gasteiger charge is -2.34. The van der Waals surface area contributed by atoms with Crippen LogP contribution in [-0.4, -0.2) is 15.0 Å². The van der Waals surface area contributed by atoms with Crippen LogP contribution in [0.25, 0.3) is 44.8 Å². The van der Waals surface area contributed by atoms with Gasteiger partial charge in [-0.25, -0.2) is 4.99 Å². The minimum Gasteiger partial charge on any atom is -0.350 e. The van der Waals surface area contributed by atoms with E-state index in [-0.39, 0.29) is 17.5 Å². The van der Waals surface area contributed by atoms with Gasteiger partial charge in [0.15, 0.2) is 0 Å². The van der Waals surface area contributed by atoms with Gasteiger partial charge in [0.25, 0.3) is 0 Å². The van der Waals surface area contributed by atoms with Crippen molar-refractivity contribution in [2.45, 2.75) is 96.8 Å². The summed E-state index contributed by atoms with van der Waals surface area (Å²) in [7, 11) is 0. The summed E-state index contributed by atoms with van der Waals surface area (Å²) in [4.78, 5) is 5.48. The Labute approximate surface area is 382 Å². The van der Waals surface area contributed by atoms with Gasteiger partial charge in [-0.1, -0.05) is 148 Å². The van der Waals surface area contributed by atoms with Crippen molar-refractivity contribution in [3.63, 3.8) is 0 Å². The molecule has 5 aliphatic rings. The normalized spacial score (nSPS) is 21.5. The highest BCUT2D eigenvalue weighted by atomic mass is 15.3. The first kappa shape index (κ1) is 39.6. The molecule has 2 N–H and O–H groups in total. The third-order valence-corrected chi connectivity index (χ3v) is 15.3. The molecule has 3 heterocycles. The Balaban J connectivity index is 1.12. The van der Waals surface area contributed by atoms with Gasteiger partial charge in [-0.15, -0.1) is 0 Å². The van der Waals surface area contributed by atoms with Crippen molar-refractivity contribution >= 4 is 39.3 Å². The second-order valence-electron chi connectivity index (χ2n) is 19.5. The highest BCUT2D eigenvalue weighted by Crippen LogP contribution is 2.53. The van der Waals surface area contributed by atoms with Crippen molar-refractivity contribution < 1.29 is 0 Å². The highest BCUT2D eigenvalue weighted by molar-refractivity contribution is 6.00. The Morgan fingerprint density at radius 1 is 0.800 bits per heavy atom. The average Bonchev–Trinajstić information content (AvgIpc) is 3.94. The van der Waals surface area contributed by atoms with Gasteiger partial charge in [0, 0.05) is 50.4 Å². The summed E-state index contributed by atoms with van der Waals surface area (Å²) in [6.45, 7) is 13.8. The molecule has 12 rings (SSSR count). The van der Waals surface area contributed by atoms with Crippen LogP contribution in [0.15, 0.2) is 138 Å². The quantitative estimate of drug-likeness (QED) is 0.181. The number of nitriles is 1. The summed E-state index contributed by atoms with van der Waals surface area (Å²) in [6.07, 6.45) is 17.1. The molecule has 7 aromatic rings. The van der Waals surface area contributed by atoms with E-state index in [0.29, 0.717) is 11.5 Å². The zero-order valence-electron chi connectivity index (χ0n) is 38.1. The Morgan fingerprint density at radius 2 is 1.58 bits per heavy atom. The van der Waals surface area contributed by atoms with Crippen molar-refractivity contribution in [1.82, 2.24) is 19.8 Å². The van der Waals surface area contributed by atoms with Crippen LogP contribution in [0.5, 0.6) is 0 Å². The molecule has 0 spiro atoms. The van der Waals surface area contributed by atoms with Crippen molar-refractivity contribution in [2.24, 2.45) is 4.99 Å². The standard InChI is InChI=1S/C59H54N6/c1-34-16-12-23-43-44-24-13-17-35(2)53(44)64(52(34)43)50-32-51(65-54-36(3)18-14-25-45(54)46-26-15-19-37(4)55(46)65)47(30-40(50)33-60)58-62-56(38-20-8-7-9-21-38)61-57(63-58)39-28-29-42-41-22-10-11-27-48(41)59(5,6)49(42)31-39/h7-14,16,18-21,23-25,27-32,35,41,57-58,63H,15,17,22,26H2,1-6H3,(H,61,62). The number of para-hydroxylation sites is 2. The number of aromatic nitrogens is 2. The minimum atomic E-state index is -0.413. The molecular weight excluding hydrogens is 793 g/mol. The Bertz CT molecular complexity index is 3370. The summed E-state index contributed by atoms with van der Waals surface area (Å²) in [5.41, 5.74) is 21.2. The summed E-state index contributed by atoms with van der Waals surface area (Å²) in [6, 6.07) is 38.2. The first-order valence-corrected chi connectivity index (χ1v) is 23.5. The van der Waals surface area contributed by atoms with Gasteiger partial charge < -0.3 is 14.5 Å². The fraction of sp³-hybridized carbons (Fsp3) is 0.254. The number of benzene rings is 5. The van der Waals surface area contributed by atoms with Crippen molar-refractivity contribution in [3.8, 4) is 17.4 Å². The number of allylic oxidation sites excluding steroid dienone is 7. The molecule has 2 aromatic heterocycles. The molecule has 4 aliphatic carbocycles. The molecule has 65 heavy (non-hydrogen) atoms. The predicted octanol–water partition coefficient (Wildman–Crippen LogP) is 13.5. The van der Waals surface area contributed by atoms with Gasteiger partial charge in [0.1, 0.15) is 24.2 Å². The molecule has 0 amide bonds. The Hall–Kier alpha value is -6.94. The molecule has 0 saturated heterocycles. The zero-order valence-corrected chi connectivity index (χ0v) is 38.1. The van der Waals surface area contributed by atoms with Gasteiger partial charge in [-0.05, 0) is 97.5 Å². The average molecular weight is 847 g/mol. The number of aryl methyl sites for hydroxylation is 3. The van der Waals surface area contributed by atoms with Crippen LogP contribution in [0.1, 0.15) is 138 Å². The third-order valence-electron chi connectivity index (χ3n) is 15.3. The van der Waals surface area contributed by atoms with Crippen molar-refractivity contribution in [2.75, 3.05) is 0 Å². The molecule has 4 unspecified atom stereocenters. The van der Waals surface area contributed by atoms with Crippen molar-refractivity contribution in [1.29, 1.82) is 5.26 Å². The summed E-state index contributed by atoms with van der Waals surface area (Å²) >= 11 is 0. The molecule has 1 aliphatic heterocycles. The number of nitrogens with one attached hydrogen (secondary N) is 2. The highest BCUT2D eigenvalue weighted by Gasteiger charge is 2.42. The van der Waals surface area contributed by atoms with Crippen LogP contribution in [0.4, 0.5) is 0 Å². The number of amidine groups is 1. The van der Waals surface area contributed by atoms with Gasteiger partial charge in [0.2, 0.25) is 0 Å². The molecule has 6 heteroatoms. The molecule has 5 aromatic carbocycles. The van der Waals surface area contributed by atoms with Gasteiger partial charge in [0.05, 0.1) is 33.7 Å². The molecule has 320 valence electrons. The van der Waals surface area contributed by atoms with Crippen LogP contribution in [0, 0.1) is 25.2 Å². The van der Waals surface area contributed by atoms with Crippen molar-refractivity contribution in [3.05, 3.63) is 200 Å². The minimum absolute atomic E-state index is 0.0883. The zero-order chi connectivity index (χ0) is 44.3. The monoisotopic (exact) mass is 846 g/mol. The van der Waals surface area contributed by atoms with Gasteiger partial charge in [-0.3, -0.25) is 5.32 Å². The Kier molecular flexibility index (Phi) is 9.03. The Morgan fingerprint density at radius 3 is 2.38 bits per heavy atom. The van der Waals surface area contributed by atoms with Gasteiger partial charge in [-0.2, -0.15) is 5.26 Å². The van der Waals surface area contributed by atoms with Crippen LogP contribution in [0.3, 0.4) is 0 Å². The summed E-state index contributed by atoms with van der Waals surface area (Å²) in [5, 5.41) is 21.9. The van der Waals surface area contributed by atoms with Gasteiger partial charge >= 0.3 is 0 Å². The molecule has 6 nitrogen and oxygen atoms in total. The molecule has 0 fully saturated rings. The number of nitrogens with zero attached hydrogens (tertiary/aromatic N) is 4. The summed E-state index contributed by atoms with van der Waals surface area (Å²) in [5.74, 6) is 1.50. The maximum Gasteiger partial charge on any atom is 0.131 e. The maximum absolute atomic E-state index is 11.4. The fourth-order valence-corrected chi connectivity index (χ4v) is 12.2. The molecule has 0 bridgehead atoms. The first-order chi connectivity index (χ1) is 31.6. The van der Waals surface area contributed by atoms with E-state index in [0.717, 1.165) is 65.1 Å². The fourth-order valence-electron chi connectivity index (χ4n) is 12.2. The molecule has 0 radical (unpaired) electrons. The van der Waals surface area contributed by atoms with E-state index in [4.69, 9.17) is 4.99 Å². The summed E-state index contributed by atoms with van der Waals surface area (Å²) < 4.78 is 4.97. The number of hydrogen-bond acceptors (Lipinski definition) is 4. The van der Waals surface area contributed by atoms with E-state index < -0.39 is 6.17 Å². The third kappa shape index (κ3) is 5.91. The number of fused-ring (bicyclic) bond motifs is 9. The van der Waals surface area contributed by atoms with E-state index in [1.165, 1.54) is 72.2 Å². The lowest BCUT2D eigenvalue weighted by atomic mass is 9.79. The number of hydrogen-bond donors (Lipinski definition) is 2. The SMILES string of the molecule is CC1=CCCc2c1n(-c1cc(-n3c4c(c5cccc(C)c53)C=CCC4C)c(C#N)cc1C1NC(c3ccccc3)=NC(c3ccc4c(c3)C(C)(C)C3=CC=CCC34)N1)c1c(C)cccc21. The maximum atomic E-state index is 11.4. The predicted molar refractivity (Wildman–Crippen MR) is 267 cm³/mol. The van der Waals surface area contributed by atoms with Crippen LogP contribution < -0.4 is 10.6 Å². The first-order valence-electron chi connectivity index (χ1n) is 23.5. The molecule has 4 atom stereocenters. The lowest BCUT2D eigenvalue weighted by molar-refractivity contribution is 0.408. The number of aliphatic imine (C=N–C) groups is 1. The second kappa shape index (κ2) is 14.8.